The van der Waals surface area contributed by atoms with Crippen molar-refractivity contribution in [2.75, 3.05) is 11.7 Å². The van der Waals surface area contributed by atoms with Crippen molar-refractivity contribution < 1.29 is 9.66 Å². The number of benzene rings is 3. The van der Waals surface area contributed by atoms with Gasteiger partial charge in [0.25, 0.3) is 5.69 Å². The predicted molar refractivity (Wildman–Crippen MR) is 120 cm³/mol. The molecule has 0 radical (unpaired) electrons. The van der Waals surface area contributed by atoms with Gasteiger partial charge >= 0.3 is 0 Å². The Labute approximate surface area is 176 Å². The van der Waals surface area contributed by atoms with E-state index in [1.54, 1.807) is 33.7 Å². The van der Waals surface area contributed by atoms with Gasteiger partial charge in [-0.15, -0.1) is 0 Å². The highest BCUT2D eigenvalue weighted by Gasteiger charge is 2.05. The van der Waals surface area contributed by atoms with E-state index in [9.17, 15) is 10.1 Å². The van der Waals surface area contributed by atoms with Gasteiger partial charge in [0.05, 0.1) is 16.3 Å². The van der Waals surface area contributed by atoms with Crippen LogP contribution < -0.4 is 4.74 Å². The summed E-state index contributed by atoms with van der Waals surface area (Å²) in [6, 6.07) is 21.5. The first-order valence-electron chi connectivity index (χ1n) is 8.89. The summed E-state index contributed by atoms with van der Waals surface area (Å²) in [6.07, 6.45) is 0. The van der Waals surface area contributed by atoms with Crippen molar-refractivity contribution in [3.05, 3.63) is 82.9 Å². The van der Waals surface area contributed by atoms with Crippen LogP contribution in [0.5, 0.6) is 5.75 Å². The lowest BCUT2D eigenvalue weighted by atomic mass is 10.1. The van der Waals surface area contributed by atoms with Crippen LogP contribution in [0.1, 0.15) is 6.92 Å². The Morgan fingerprint density at radius 3 is 1.86 bits per heavy atom. The van der Waals surface area contributed by atoms with Gasteiger partial charge in [0, 0.05) is 17.9 Å². The Kier molecular flexibility index (Phi) is 7.66. The summed E-state index contributed by atoms with van der Waals surface area (Å²) >= 11 is 0. The molecule has 0 saturated heterocycles. The van der Waals surface area contributed by atoms with Crippen LogP contribution in [0.25, 0.3) is 11.1 Å². The Balaban J connectivity index is 1.59. The zero-order chi connectivity index (χ0) is 20.5. The van der Waals surface area contributed by atoms with Crippen molar-refractivity contribution >= 4 is 38.6 Å². The lowest BCUT2D eigenvalue weighted by molar-refractivity contribution is -0.384. The zero-order valence-electron chi connectivity index (χ0n) is 15.7. The molecule has 3 rings (SSSR count). The van der Waals surface area contributed by atoms with Gasteiger partial charge in [-0.3, -0.25) is 10.1 Å². The Hall–Kier alpha value is -2.84. The number of hydrogen-bond donors (Lipinski definition) is 0. The smallest absolute Gasteiger partial charge is 0.269 e. The van der Waals surface area contributed by atoms with Gasteiger partial charge in [-0.2, -0.15) is 10.2 Å². The lowest BCUT2D eigenvalue weighted by Gasteiger charge is -2.04. The standard InChI is InChI=1S/C21H19N3O3S2/c1-2-28-29-15-27-21-13-9-19(10-14-21)23-22-18-7-3-16(4-8-18)17-5-11-20(12-6-17)24(25)26/h3-14H,2,15H2,1H3. The first-order valence-corrected chi connectivity index (χ1v) is 11.4. The quantitative estimate of drug-likeness (QED) is 0.0890. The Morgan fingerprint density at radius 1 is 0.828 bits per heavy atom. The van der Waals surface area contributed by atoms with Crippen LogP contribution >= 0.6 is 21.6 Å². The number of nitrogens with zero attached hydrogens (tertiary/aromatic N) is 3. The molecule has 0 N–H and O–H groups in total. The fraction of sp³-hybridized carbons (Fsp3) is 0.143. The van der Waals surface area contributed by atoms with Gasteiger partial charge in [0.1, 0.15) is 11.7 Å². The molecule has 0 aromatic heterocycles. The molecule has 148 valence electrons. The number of nitro groups is 1. The maximum absolute atomic E-state index is 10.7. The van der Waals surface area contributed by atoms with Gasteiger partial charge < -0.3 is 4.74 Å². The topological polar surface area (TPSA) is 77.1 Å². The molecule has 0 aliphatic heterocycles. The van der Waals surface area contributed by atoms with Crippen molar-refractivity contribution in [1.82, 2.24) is 0 Å². The maximum atomic E-state index is 10.7. The lowest BCUT2D eigenvalue weighted by Crippen LogP contribution is -1.90. The third-order valence-corrected chi connectivity index (χ3v) is 5.98. The van der Waals surface area contributed by atoms with E-state index in [4.69, 9.17) is 4.74 Å². The third kappa shape index (κ3) is 6.33. The van der Waals surface area contributed by atoms with Crippen molar-refractivity contribution in [3.63, 3.8) is 0 Å². The van der Waals surface area contributed by atoms with E-state index >= 15 is 0 Å². The first-order chi connectivity index (χ1) is 14.2. The molecule has 3 aromatic carbocycles. The van der Waals surface area contributed by atoms with E-state index in [1.807, 2.05) is 48.5 Å². The molecular formula is C21H19N3O3S2. The molecule has 6 nitrogen and oxygen atoms in total. The molecule has 0 fully saturated rings. The van der Waals surface area contributed by atoms with Crippen molar-refractivity contribution in [2.24, 2.45) is 10.2 Å². The zero-order valence-corrected chi connectivity index (χ0v) is 17.4. The molecule has 0 unspecified atom stereocenters. The molecule has 0 aliphatic rings. The summed E-state index contributed by atoms with van der Waals surface area (Å²) in [7, 11) is 3.45. The molecule has 29 heavy (non-hydrogen) atoms. The number of nitro benzene ring substituents is 1. The highest BCUT2D eigenvalue weighted by Crippen LogP contribution is 2.27. The average molecular weight is 426 g/mol. The summed E-state index contributed by atoms with van der Waals surface area (Å²) in [6.45, 7) is 2.11. The van der Waals surface area contributed by atoms with Gasteiger partial charge in [-0.1, -0.05) is 40.6 Å². The van der Waals surface area contributed by atoms with Crippen molar-refractivity contribution in [3.8, 4) is 16.9 Å². The number of non-ortho nitro benzene ring substituents is 1. The van der Waals surface area contributed by atoms with Gasteiger partial charge in [-0.25, -0.2) is 0 Å². The number of rotatable bonds is 9. The van der Waals surface area contributed by atoms with E-state index in [-0.39, 0.29) is 5.69 Å². The summed E-state index contributed by atoms with van der Waals surface area (Å²) in [4.78, 5) is 10.3. The van der Waals surface area contributed by atoms with Crippen LogP contribution in [0.3, 0.4) is 0 Å². The van der Waals surface area contributed by atoms with E-state index in [0.717, 1.165) is 34.0 Å². The van der Waals surface area contributed by atoms with E-state index in [1.165, 1.54) is 12.1 Å². The number of ether oxygens (including phenoxy) is 1. The van der Waals surface area contributed by atoms with Crippen LogP contribution in [0, 0.1) is 10.1 Å². The van der Waals surface area contributed by atoms with Crippen LogP contribution in [-0.2, 0) is 0 Å². The SMILES string of the molecule is CCSSCOc1ccc(N=Nc2ccc(-c3ccc([N+](=O)[O-])cc3)cc2)cc1. The molecule has 0 heterocycles. The molecular weight excluding hydrogens is 406 g/mol. The molecule has 0 amide bonds. The van der Waals surface area contributed by atoms with Gasteiger partial charge in [0.2, 0.25) is 0 Å². The van der Waals surface area contributed by atoms with Crippen LogP contribution in [-0.4, -0.2) is 16.6 Å². The van der Waals surface area contributed by atoms with E-state index in [0.29, 0.717) is 5.94 Å². The highest BCUT2D eigenvalue weighted by molar-refractivity contribution is 8.76. The largest absolute Gasteiger partial charge is 0.482 e. The molecule has 0 bridgehead atoms. The van der Waals surface area contributed by atoms with Crippen LogP contribution in [0.4, 0.5) is 17.1 Å². The van der Waals surface area contributed by atoms with E-state index in [2.05, 4.69) is 17.2 Å². The molecule has 0 atom stereocenters. The minimum Gasteiger partial charge on any atom is -0.482 e. The molecule has 8 heteroatoms. The number of hydrogen-bond acceptors (Lipinski definition) is 7. The van der Waals surface area contributed by atoms with Crippen LogP contribution in [0.2, 0.25) is 0 Å². The molecule has 0 spiro atoms. The Bertz CT molecular complexity index is 960. The predicted octanol–water partition coefficient (Wildman–Crippen LogP) is 7.41. The van der Waals surface area contributed by atoms with Gasteiger partial charge in [0.15, 0.2) is 0 Å². The second kappa shape index (κ2) is 10.6. The maximum Gasteiger partial charge on any atom is 0.269 e. The highest BCUT2D eigenvalue weighted by atomic mass is 33.1. The average Bonchev–Trinajstić information content (AvgIpc) is 2.76. The number of azo groups is 1. The Morgan fingerprint density at radius 2 is 1.34 bits per heavy atom. The fourth-order valence-corrected chi connectivity index (χ4v) is 3.70. The summed E-state index contributed by atoms with van der Waals surface area (Å²) in [5, 5.41) is 19.2. The first kappa shape index (κ1) is 20.9. The van der Waals surface area contributed by atoms with Crippen LogP contribution in [0.15, 0.2) is 83.0 Å². The van der Waals surface area contributed by atoms with Gasteiger partial charge in [-0.05, 0) is 59.7 Å². The molecule has 3 aromatic rings. The summed E-state index contributed by atoms with van der Waals surface area (Å²) in [5.74, 6) is 2.48. The van der Waals surface area contributed by atoms with E-state index < -0.39 is 4.92 Å². The minimum absolute atomic E-state index is 0.0780. The monoisotopic (exact) mass is 425 g/mol. The van der Waals surface area contributed by atoms with Crippen molar-refractivity contribution in [2.45, 2.75) is 6.92 Å². The summed E-state index contributed by atoms with van der Waals surface area (Å²) in [5.41, 5.74) is 3.41. The summed E-state index contributed by atoms with van der Waals surface area (Å²) < 4.78 is 5.63. The third-order valence-electron chi connectivity index (χ3n) is 3.87. The molecule has 0 aliphatic carbocycles. The second-order valence-electron chi connectivity index (χ2n) is 5.83. The minimum atomic E-state index is -0.406. The normalized spacial score (nSPS) is 10.9. The second-order valence-corrected chi connectivity index (χ2v) is 8.53. The molecule has 0 saturated carbocycles. The van der Waals surface area contributed by atoms with Crippen molar-refractivity contribution in [1.29, 1.82) is 0 Å². The fourth-order valence-electron chi connectivity index (χ4n) is 2.43.